The molecular formula is C14H18F3NO. The quantitative estimate of drug-likeness (QED) is 0.723. The monoisotopic (exact) mass is 273 g/mol. The maximum Gasteiger partial charge on any atom is 0.256 e. The molecular weight excluding hydrogens is 255 g/mol. The Kier molecular flexibility index (Phi) is 5.86. The zero-order chi connectivity index (χ0) is 14.4. The van der Waals surface area contributed by atoms with Crippen LogP contribution in [-0.4, -0.2) is 23.9 Å². The number of halogens is 3. The standard InChI is InChI=1S/C14H18F3NO/c1-3-5-9-18(8-4-2)14(19)10-6-7-11(15)13(17)12(10)16/h6-7H,3-5,8-9H2,1-2H3. The number of nitrogens with zero attached hydrogens (tertiary/aromatic N) is 1. The third-order valence-electron chi connectivity index (χ3n) is 2.83. The van der Waals surface area contributed by atoms with Gasteiger partial charge in [-0.3, -0.25) is 4.79 Å². The number of hydrogen-bond acceptors (Lipinski definition) is 1. The van der Waals surface area contributed by atoms with Crippen LogP contribution in [0.1, 0.15) is 43.5 Å². The van der Waals surface area contributed by atoms with E-state index in [-0.39, 0.29) is 0 Å². The van der Waals surface area contributed by atoms with Gasteiger partial charge in [0.15, 0.2) is 17.5 Å². The highest BCUT2D eigenvalue weighted by molar-refractivity contribution is 5.94. The summed E-state index contributed by atoms with van der Waals surface area (Å²) in [4.78, 5) is 13.6. The van der Waals surface area contributed by atoms with Crippen molar-refractivity contribution in [2.75, 3.05) is 13.1 Å². The van der Waals surface area contributed by atoms with Gasteiger partial charge in [-0.05, 0) is 25.0 Å². The van der Waals surface area contributed by atoms with E-state index in [1.165, 1.54) is 4.90 Å². The number of rotatable bonds is 6. The number of unbranched alkanes of at least 4 members (excludes halogenated alkanes) is 1. The van der Waals surface area contributed by atoms with Crippen molar-refractivity contribution in [2.24, 2.45) is 0 Å². The molecule has 0 spiro atoms. The first-order valence-corrected chi connectivity index (χ1v) is 6.45. The van der Waals surface area contributed by atoms with E-state index in [9.17, 15) is 18.0 Å². The summed E-state index contributed by atoms with van der Waals surface area (Å²) in [6, 6.07) is 1.76. The van der Waals surface area contributed by atoms with Crippen LogP contribution in [0, 0.1) is 17.5 Å². The Morgan fingerprint density at radius 2 is 1.74 bits per heavy atom. The van der Waals surface area contributed by atoms with E-state index in [0.717, 1.165) is 31.4 Å². The van der Waals surface area contributed by atoms with E-state index in [2.05, 4.69) is 0 Å². The van der Waals surface area contributed by atoms with E-state index in [4.69, 9.17) is 0 Å². The molecule has 106 valence electrons. The van der Waals surface area contributed by atoms with Crippen molar-refractivity contribution in [1.29, 1.82) is 0 Å². The molecule has 0 bridgehead atoms. The highest BCUT2D eigenvalue weighted by atomic mass is 19.2. The summed E-state index contributed by atoms with van der Waals surface area (Å²) < 4.78 is 39.5. The minimum Gasteiger partial charge on any atom is -0.339 e. The fourth-order valence-corrected chi connectivity index (χ4v) is 1.80. The summed E-state index contributed by atoms with van der Waals surface area (Å²) in [5.41, 5.74) is -0.413. The van der Waals surface area contributed by atoms with E-state index < -0.39 is 28.9 Å². The van der Waals surface area contributed by atoms with Gasteiger partial charge in [0.25, 0.3) is 5.91 Å². The van der Waals surface area contributed by atoms with E-state index in [1.54, 1.807) is 0 Å². The first-order chi connectivity index (χ1) is 9.02. The van der Waals surface area contributed by atoms with Crippen LogP contribution in [0.3, 0.4) is 0 Å². The summed E-state index contributed by atoms with van der Waals surface area (Å²) >= 11 is 0. The lowest BCUT2D eigenvalue weighted by molar-refractivity contribution is 0.0747. The van der Waals surface area contributed by atoms with Crippen molar-refractivity contribution >= 4 is 5.91 Å². The van der Waals surface area contributed by atoms with Gasteiger partial charge in [-0.1, -0.05) is 20.3 Å². The smallest absolute Gasteiger partial charge is 0.256 e. The van der Waals surface area contributed by atoms with Gasteiger partial charge < -0.3 is 4.90 Å². The lowest BCUT2D eigenvalue weighted by Gasteiger charge is -2.22. The number of carbonyl (C=O) groups is 1. The molecule has 0 aromatic heterocycles. The van der Waals surface area contributed by atoms with E-state index in [1.807, 2.05) is 13.8 Å². The largest absolute Gasteiger partial charge is 0.339 e. The molecule has 2 nitrogen and oxygen atoms in total. The van der Waals surface area contributed by atoms with Crippen LogP contribution in [0.4, 0.5) is 13.2 Å². The molecule has 0 saturated heterocycles. The van der Waals surface area contributed by atoms with Crippen LogP contribution in [0.5, 0.6) is 0 Å². The highest BCUT2D eigenvalue weighted by Crippen LogP contribution is 2.17. The Labute approximate surface area is 111 Å². The summed E-state index contributed by atoms with van der Waals surface area (Å²) in [7, 11) is 0. The van der Waals surface area contributed by atoms with Crippen LogP contribution in [-0.2, 0) is 0 Å². The van der Waals surface area contributed by atoms with Gasteiger partial charge in [0.05, 0.1) is 5.56 Å². The van der Waals surface area contributed by atoms with Crippen molar-refractivity contribution < 1.29 is 18.0 Å². The van der Waals surface area contributed by atoms with Crippen LogP contribution in [0.25, 0.3) is 0 Å². The summed E-state index contributed by atoms with van der Waals surface area (Å²) in [5, 5.41) is 0. The summed E-state index contributed by atoms with van der Waals surface area (Å²) in [6.07, 6.45) is 2.41. The molecule has 0 aliphatic heterocycles. The topological polar surface area (TPSA) is 20.3 Å². The van der Waals surface area contributed by atoms with Crippen LogP contribution in [0.2, 0.25) is 0 Å². The van der Waals surface area contributed by atoms with Gasteiger partial charge in [-0.25, -0.2) is 13.2 Å². The fourth-order valence-electron chi connectivity index (χ4n) is 1.80. The van der Waals surface area contributed by atoms with Gasteiger partial charge in [0.1, 0.15) is 0 Å². The number of amides is 1. The second-order valence-corrected chi connectivity index (χ2v) is 4.37. The molecule has 0 radical (unpaired) electrons. The van der Waals surface area contributed by atoms with Crippen molar-refractivity contribution in [3.63, 3.8) is 0 Å². The van der Waals surface area contributed by atoms with Gasteiger partial charge in [0.2, 0.25) is 0 Å². The molecule has 1 aromatic rings. The fraction of sp³-hybridized carbons (Fsp3) is 0.500. The Balaban J connectivity index is 2.99. The zero-order valence-electron chi connectivity index (χ0n) is 11.2. The minimum atomic E-state index is -1.60. The predicted octanol–water partition coefficient (Wildman–Crippen LogP) is 3.76. The lowest BCUT2D eigenvalue weighted by atomic mass is 10.1. The maximum atomic E-state index is 13.6. The van der Waals surface area contributed by atoms with Gasteiger partial charge >= 0.3 is 0 Å². The lowest BCUT2D eigenvalue weighted by Crippen LogP contribution is -2.33. The SMILES string of the molecule is CCCCN(CCC)C(=O)c1ccc(F)c(F)c1F. The van der Waals surface area contributed by atoms with Crippen molar-refractivity contribution in [3.05, 3.63) is 35.1 Å². The average Bonchev–Trinajstić information content (AvgIpc) is 2.40. The second-order valence-electron chi connectivity index (χ2n) is 4.37. The zero-order valence-corrected chi connectivity index (χ0v) is 11.2. The molecule has 0 fully saturated rings. The molecule has 5 heteroatoms. The third kappa shape index (κ3) is 3.72. The Hall–Kier alpha value is -1.52. The molecule has 19 heavy (non-hydrogen) atoms. The summed E-state index contributed by atoms with van der Waals surface area (Å²) in [5.74, 6) is -4.89. The van der Waals surface area contributed by atoms with E-state index >= 15 is 0 Å². The van der Waals surface area contributed by atoms with Crippen LogP contribution < -0.4 is 0 Å². The van der Waals surface area contributed by atoms with Gasteiger partial charge in [-0.15, -0.1) is 0 Å². The molecule has 1 aromatic carbocycles. The molecule has 1 amide bonds. The molecule has 1 rings (SSSR count). The Bertz CT molecular complexity index is 449. The average molecular weight is 273 g/mol. The third-order valence-corrected chi connectivity index (χ3v) is 2.83. The van der Waals surface area contributed by atoms with Crippen molar-refractivity contribution in [2.45, 2.75) is 33.1 Å². The number of benzene rings is 1. The second kappa shape index (κ2) is 7.16. The van der Waals surface area contributed by atoms with Crippen LogP contribution in [0.15, 0.2) is 12.1 Å². The Morgan fingerprint density at radius 3 is 2.32 bits per heavy atom. The first-order valence-electron chi connectivity index (χ1n) is 6.45. The molecule has 0 heterocycles. The molecule has 0 atom stereocenters. The number of hydrogen-bond donors (Lipinski definition) is 0. The normalized spacial score (nSPS) is 10.6. The van der Waals surface area contributed by atoms with Gasteiger partial charge in [-0.2, -0.15) is 0 Å². The number of carbonyl (C=O) groups excluding carboxylic acids is 1. The predicted molar refractivity (Wildman–Crippen MR) is 67.4 cm³/mol. The minimum absolute atomic E-state index is 0.413. The summed E-state index contributed by atoms with van der Waals surface area (Å²) in [6.45, 7) is 4.83. The Morgan fingerprint density at radius 1 is 1.05 bits per heavy atom. The van der Waals surface area contributed by atoms with E-state index in [0.29, 0.717) is 13.1 Å². The first kappa shape index (κ1) is 15.5. The van der Waals surface area contributed by atoms with Crippen molar-refractivity contribution in [3.8, 4) is 0 Å². The molecule has 0 N–H and O–H groups in total. The highest BCUT2D eigenvalue weighted by Gasteiger charge is 2.22. The van der Waals surface area contributed by atoms with Crippen molar-refractivity contribution in [1.82, 2.24) is 4.90 Å². The molecule has 0 unspecified atom stereocenters. The molecule has 0 aliphatic rings. The molecule has 0 aliphatic carbocycles. The van der Waals surface area contributed by atoms with Gasteiger partial charge in [0, 0.05) is 13.1 Å². The maximum absolute atomic E-state index is 13.6. The molecule has 0 saturated carbocycles. The van der Waals surface area contributed by atoms with Crippen LogP contribution >= 0.6 is 0 Å².